The first-order valence-electron chi connectivity index (χ1n) is 10.8. The van der Waals surface area contributed by atoms with E-state index in [1.807, 2.05) is 54.6 Å². The molecule has 0 fully saturated rings. The molecule has 4 aromatic rings. The molecule has 34 heavy (non-hydrogen) atoms. The molecule has 4 N–H and O–H groups in total. The number of pyridine rings is 1. The van der Waals surface area contributed by atoms with Crippen LogP contribution in [0.15, 0.2) is 103 Å². The maximum absolute atomic E-state index is 12.4. The van der Waals surface area contributed by atoms with Crippen molar-refractivity contribution >= 4 is 29.4 Å². The predicted molar refractivity (Wildman–Crippen MR) is 136 cm³/mol. The van der Waals surface area contributed by atoms with Gasteiger partial charge in [-0.15, -0.1) is 0 Å². The molecule has 3 aromatic carbocycles. The number of carbonyl (C=O) groups excluding carboxylic acids is 2. The zero-order valence-electron chi connectivity index (χ0n) is 18.4. The third-order valence-corrected chi connectivity index (χ3v) is 5.17. The van der Waals surface area contributed by atoms with Crippen LogP contribution in [0, 0.1) is 0 Å². The number of benzene rings is 3. The quantitative estimate of drug-likeness (QED) is 0.350. The van der Waals surface area contributed by atoms with E-state index in [9.17, 15) is 9.59 Å². The summed E-state index contributed by atoms with van der Waals surface area (Å²) in [7, 11) is 0. The van der Waals surface area contributed by atoms with E-state index in [4.69, 9.17) is 5.73 Å². The number of hydrogen-bond acceptors (Lipinski definition) is 4. The molecule has 2 amide bonds. The Morgan fingerprint density at radius 2 is 1.56 bits per heavy atom. The van der Waals surface area contributed by atoms with E-state index in [0.717, 1.165) is 22.3 Å². The van der Waals surface area contributed by atoms with Gasteiger partial charge in [-0.2, -0.15) is 0 Å². The molecule has 168 valence electrons. The van der Waals surface area contributed by atoms with Gasteiger partial charge in [0.25, 0.3) is 5.91 Å². The van der Waals surface area contributed by atoms with Crippen molar-refractivity contribution in [3.63, 3.8) is 0 Å². The third-order valence-electron chi connectivity index (χ3n) is 5.17. The molecule has 0 aliphatic heterocycles. The molecule has 0 unspecified atom stereocenters. The van der Waals surface area contributed by atoms with Crippen molar-refractivity contribution in [2.45, 2.75) is 6.54 Å². The Hall–Kier alpha value is -4.71. The second-order valence-corrected chi connectivity index (χ2v) is 7.66. The number of carbonyl (C=O) groups is 2. The van der Waals surface area contributed by atoms with Crippen LogP contribution < -0.4 is 16.4 Å². The summed E-state index contributed by atoms with van der Waals surface area (Å²) in [6.07, 6.45) is 4.83. The minimum Gasteiger partial charge on any atom is -0.384 e. The fraction of sp³-hybridized carbons (Fsp3) is 0.0357. The second-order valence-electron chi connectivity index (χ2n) is 7.66. The van der Waals surface area contributed by atoms with Crippen LogP contribution in [-0.2, 0) is 11.3 Å². The van der Waals surface area contributed by atoms with Crippen molar-refractivity contribution in [1.29, 1.82) is 0 Å². The first-order chi connectivity index (χ1) is 16.6. The van der Waals surface area contributed by atoms with Crippen molar-refractivity contribution in [3.8, 4) is 11.1 Å². The van der Waals surface area contributed by atoms with E-state index in [1.165, 1.54) is 12.3 Å². The molecule has 0 radical (unpaired) electrons. The highest BCUT2D eigenvalue weighted by molar-refractivity contribution is 6.04. The molecule has 1 aromatic heterocycles. The molecule has 0 bridgehead atoms. The minimum atomic E-state index is -0.248. The average molecular weight is 449 g/mol. The van der Waals surface area contributed by atoms with Crippen molar-refractivity contribution in [2.24, 2.45) is 0 Å². The van der Waals surface area contributed by atoms with E-state index in [2.05, 4.69) is 27.8 Å². The summed E-state index contributed by atoms with van der Waals surface area (Å²) >= 11 is 0. The van der Waals surface area contributed by atoms with Crippen LogP contribution in [0.1, 0.15) is 21.5 Å². The maximum atomic E-state index is 12.4. The summed E-state index contributed by atoms with van der Waals surface area (Å²) in [5, 5.41) is 5.63. The van der Waals surface area contributed by atoms with Crippen LogP contribution in [0.5, 0.6) is 0 Å². The highest BCUT2D eigenvalue weighted by atomic mass is 16.2. The van der Waals surface area contributed by atoms with E-state index in [-0.39, 0.29) is 11.8 Å². The number of nitrogens with zero attached hydrogens (tertiary/aromatic N) is 1. The number of nitrogens with two attached hydrogens (primary N) is 1. The Bertz CT molecular complexity index is 1300. The van der Waals surface area contributed by atoms with Gasteiger partial charge < -0.3 is 16.4 Å². The fourth-order valence-corrected chi connectivity index (χ4v) is 3.34. The predicted octanol–water partition coefficient (Wildman–Crippen LogP) is 4.91. The number of aromatic nitrogens is 1. The Labute approximate surface area is 198 Å². The van der Waals surface area contributed by atoms with E-state index in [0.29, 0.717) is 23.6 Å². The lowest BCUT2D eigenvalue weighted by atomic mass is 10.0. The Morgan fingerprint density at radius 1 is 0.853 bits per heavy atom. The lowest BCUT2D eigenvalue weighted by Gasteiger charge is -2.07. The molecule has 6 heteroatoms. The lowest BCUT2D eigenvalue weighted by molar-refractivity contribution is -0.116. The monoisotopic (exact) mass is 448 g/mol. The van der Waals surface area contributed by atoms with Gasteiger partial charge >= 0.3 is 0 Å². The average Bonchev–Trinajstić information content (AvgIpc) is 2.87. The van der Waals surface area contributed by atoms with E-state index in [1.54, 1.807) is 30.3 Å². The highest BCUT2D eigenvalue weighted by Crippen LogP contribution is 2.19. The molecule has 6 nitrogen and oxygen atoms in total. The van der Waals surface area contributed by atoms with E-state index >= 15 is 0 Å². The first kappa shape index (κ1) is 22.5. The molecule has 0 aliphatic rings. The molecule has 0 spiro atoms. The fourth-order valence-electron chi connectivity index (χ4n) is 3.34. The molecule has 1 heterocycles. The van der Waals surface area contributed by atoms with Gasteiger partial charge in [0.1, 0.15) is 5.82 Å². The lowest BCUT2D eigenvalue weighted by Crippen LogP contribution is -2.20. The van der Waals surface area contributed by atoms with Gasteiger partial charge in [-0.25, -0.2) is 4.98 Å². The van der Waals surface area contributed by atoms with E-state index < -0.39 is 0 Å². The molecular formula is C28H24N4O2. The summed E-state index contributed by atoms with van der Waals surface area (Å²) in [5.41, 5.74) is 10.8. The van der Waals surface area contributed by atoms with Gasteiger partial charge in [0.05, 0.1) is 0 Å². The van der Waals surface area contributed by atoms with Crippen molar-refractivity contribution in [2.75, 3.05) is 11.1 Å². The SMILES string of the molecule is Nc1cc(NC(=O)c2ccc(CNC(=O)/C=C/c3ccc(-c4ccccc4)cc3)cc2)ccn1. The largest absolute Gasteiger partial charge is 0.384 e. The number of nitrogens with one attached hydrogen (secondary N) is 2. The molecule has 0 aliphatic carbocycles. The Morgan fingerprint density at radius 3 is 2.26 bits per heavy atom. The molecule has 0 atom stereocenters. The second kappa shape index (κ2) is 10.7. The van der Waals surface area contributed by atoms with Crippen molar-refractivity contribution < 1.29 is 9.59 Å². The van der Waals surface area contributed by atoms with Gasteiger partial charge in [-0.1, -0.05) is 66.7 Å². The van der Waals surface area contributed by atoms with Crippen LogP contribution in [-0.4, -0.2) is 16.8 Å². The molecular weight excluding hydrogens is 424 g/mol. The molecule has 4 rings (SSSR count). The summed E-state index contributed by atoms with van der Waals surface area (Å²) in [4.78, 5) is 28.5. The normalized spacial score (nSPS) is 10.7. The molecule has 0 saturated carbocycles. The highest BCUT2D eigenvalue weighted by Gasteiger charge is 2.07. The minimum absolute atomic E-state index is 0.191. The Kier molecular flexibility index (Phi) is 7.10. The molecule has 0 saturated heterocycles. The zero-order chi connectivity index (χ0) is 23.8. The van der Waals surface area contributed by atoms with Crippen molar-refractivity contribution in [1.82, 2.24) is 10.3 Å². The number of amides is 2. The Balaban J connectivity index is 1.27. The van der Waals surface area contributed by atoms with Gasteiger partial charge in [-0.05, 0) is 46.5 Å². The topological polar surface area (TPSA) is 97.1 Å². The maximum Gasteiger partial charge on any atom is 0.255 e. The summed E-state index contributed by atoms with van der Waals surface area (Å²) in [6.45, 7) is 0.360. The van der Waals surface area contributed by atoms with Crippen LogP contribution in [0.2, 0.25) is 0 Å². The third kappa shape index (κ3) is 6.17. The van der Waals surface area contributed by atoms with Crippen molar-refractivity contribution in [3.05, 3.63) is 120 Å². The standard InChI is InChI=1S/C28H24N4O2/c29-26-18-25(16-17-30-26)32-28(34)24-13-8-21(9-14-24)19-31-27(33)15-10-20-6-11-23(12-7-20)22-4-2-1-3-5-22/h1-18H,19H2,(H,31,33)(H3,29,30,32,34)/b15-10+. The van der Waals surface area contributed by atoms with Crippen LogP contribution in [0.4, 0.5) is 11.5 Å². The number of anilines is 2. The van der Waals surface area contributed by atoms with Crippen LogP contribution >= 0.6 is 0 Å². The smallest absolute Gasteiger partial charge is 0.255 e. The van der Waals surface area contributed by atoms with Gasteiger partial charge in [0.15, 0.2) is 0 Å². The van der Waals surface area contributed by atoms with Gasteiger partial charge in [0, 0.05) is 36.1 Å². The summed E-state index contributed by atoms with van der Waals surface area (Å²) in [6, 6.07) is 28.5. The summed E-state index contributed by atoms with van der Waals surface area (Å²) in [5.74, 6) is -0.103. The number of rotatable bonds is 7. The van der Waals surface area contributed by atoms with Gasteiger partial charge in [-0.3, -0.25) is 9.59 Å². The zero-order valence-corrected chi connectivity index (χ0v) is 18.4. The van der Waals surface area contributed by atoms with Crippen LogP contribution in [0.25, 0.3) is 17.2 Å². The van der Waals surface area contributed by atoms with Gasteiger partial charge in [0.2, 0.25) is 5.91 Å². The number of hydrogen-bond donors (Lipinski definition) is 3. The summed E-state index contributed by atoms with van der Waals surface area (Å²) < 4.78 is 0. The van der Waals surface area contributed by atoms with Crippen LogP contribution in [0.3, 0.4) is 0 Å². The number of nitrogen functional groups attached to an aromatic ring is 1. The first-order valence-corrected chi connectivity index (χ1v) is 10.8.